The topological polar surface area (TPSA) is 68.9 Å². The molecule has 2 aromatic rings. The van der Waals surface area contributed by atoms with Crippen LogP contribution < -0.4 is 0 Å². The molecular weight excluding hydrogens is 297 g/mol. The van der Waals surface area contributed by atoms with E-state index in [1.165, 1.54) is 0 Å². The van der Waals surface area contributed by atoms with Gasteiger partial charge in [-0.05, 0) is 23.9 Å². The monoisotopic (exact) mass is 301 g/mol. The van der Waals surface area contributed by atoms with Crippen LogP contribution >= 0.6 is 35.0 Å². The lowest BCUT2D eigenvalue weighted by molar-refractivity contribution is -0.385. The zero-order chi connectivity index (χ0) is 13.1. The molecule has 0 fully saturated rings. The van der Waals surface area contributed by atoms with Gasteiger partial charge in [0.2, 0.25) is 0 Å². The molecule has 2 rings (SSSR count). The van der Waals surface area contributed by atoms with Crippen LogP contribution in [-0.2, 0) is 0 Å². The van der Waals surface area contributed by atoms with Crippen molar-refractivity contribution in [3.8, 4) is 0 Å². The lowest BCUT2D eigenvalue weighted by atomic mass is 10.4. The average Bonchev–Trinajstić information content (AvgIpc) is 2.34. The number of hydrogen-bond donors (Lipinski definition) is 0. The molecule has 0 aliphatic rings. The molecule has 0 unspecified atom stereocenters. The van der Waals surface area contributed by atoms with Gasteiger partial charge in [-0.3, -0.25) is 10.1 Å². The molecule has 0 bridgehead atoms. The zero-order valence-corrected chi connectivity index (χ0v) is 11.0. The standard InChI is InChI=1S/C10H5Cl2N3O2S/c11-7-2-1-3-8(12)9(7)18-10-13-4-6(5-14-10)15(16)17/h1-5H. The van der Waals surface area contributed by atoms with Crippen molar-refractivity contribution in [2.24, 2.45) is 0 Å². The van der Waals surface area contributed by atoms with Gasteiger partial charge in [0.15, 0.2) is 5.16 Å². The van der Waals surface area contributed by atoms with Crippen molar-refractivity contribution in [1.82, 2.24) is 9.97 Å². The van der Waals surface area contributed by atoms with Crippen LogP contribution in [0, 0.1) is 10.1 Å². The second-order valence-electron chi connectivity index (χ2n) is 3.13. The van der Waals surface area contributed by atoms with E-state index < -0.39 is 4.92 Å². The van der Waals surface area contributed by atoms with Crippen molar-refractivity contribution in [1.29, 1.82) is 0 Å². The Bertz CT molecular complexity index is 572. The summed E-state index contributed by atoms with van der Waals surface area (Å²) in [6.07, 6.45) is 2.28. The molecule has 0 aliphatic heterocycles. The fourth-order valence-corrected chi connectivity index (χ4v) is 2.48. The van der Waals surface area contributed by atoms with E-state index in [4.69, 9.17) is 23.2 Å². The number of nitro groups is 1. The molecule has 0 atom stereocenters. The first-order chi connectivity index (χ1) is 8.58. The molecule has 1 aromatic heterocycles. The highest BCUT2D eigenvalue weighted by Gasteiger charge is 2.11. The highest BCUT2D eigenvalue weighted by Crippen LogP contribution is 2.36. The number of nitrogens with zero attached hydrogens (tertiary/aromatic N) is 3. The Labute approximate surface area is 116 Å². The van der Waals surface area contributed by atoms with Crippen molar-refractivity contribution in [3.63, 3.8) is 0 Å². The van der Waals surface area contributed by atoms with E-state index in [2.05, 4.69) is 9.97 Å². The normalized spacial score (nSPS) is 10.3. The molecule has 92 valence electrons. The third-order valence-corrected chi connectivity index (χ3v) is 3.83. The molecule has 1 heterocycles. The smallest absolute Gasteiger partial charge is 0.258 e. The van der Waals surface area contributed by atoms with Crippen LogP contribution in [-0.4, -0.2) is 14.9 Å². The van der Waals surface area contributed by atoms with Gasteiger partial charge in [-0.1, -0.05) is 29.3 Å². The van der Waals surface area contributed by atoms with Crippen LogP contribution in [0.25, 0.3) is 0 Å². The Hall–Kier alpha value is -1.37. The SMILES string of the molecule is O=[N+]([O-])c1cnc(Sc2c(Cl)cccc2Cl)nc1. The second kappa shape index (κ2) is 5.51. The van der Waals surface area contributed by atoms with Gasteiger partial charge in [0.1, 0.15) is 12.4 Å². The van der Waals surface area contributed by atoms with Crippen LogP contribution in [0.15, 0.2) is 40.6 Å². The maximum Gasteiger partial charge on any atom is 0.305 e. The number of halogens is 2. The molecule has 1 aromatic carbocycles. The lowest BCUT2D eigenvalue weighted by Crippen LogP contribution is -1.92. The van der Waals surface area contributed by atoms with Crippen LogP contribution in [0.1, 0.15) is 0 Å². The Morgan fingerprint density at radius 1 is 1.17 bits per heavy atom. The molecular formula is C10H5Cl2N3O2S. The van der Waals surface area contributed by atoms with Crippen molar-refractivity contribution in [2.45, 2.75) is 10.1 Å². The van der Waals surface area contributed by atoms with Gasteiger partial charge in [0.25, 0.3) is 0 Å². The van der Waals surface area contributed by atoms with E-state index in [1.807, 2.05) is 0 Å². The molecule has 0 spiro atoms. The summed E-state index contributed by atoms with van der Waals surface area (Å²) in [6, 6.07) is 5.12. The fourth-order valence-electron chi connectivity index (χ4n) is 1.13. The largest absolute Gasteiger partial charge is 0.305 e. The summed E-state index contributed by atoms with van der Waals surface area (Å²) in [7, 11) is 0. The molecule has 0 aliphatic carbocycles. The van der Waals surface area contributed by atoms with Crippen molar-refractivity contribution < 1.29 is 4.92 Å². The van der Waals surface area contributed by atoms with Gasteiger partial charge >= 0.3 is 5.69 Å². The van der Waals surface area contributed by atoms with Gasteiger partial charge < -0.3 is 0 Å². The van der Waals surface area contributed by atoms with Crippen LogP contribution in [0.2, 0.25) is 10.0 Å². The van der Waals surface area contributed by atoms with Crippen LogP contribution in [0.3, 0.4) is 0 Å². The highest BCUT2D eigenvalue weighted by molar-refractivity contribution is 7.99. The first-order valence-electron chi connectivity index (χ1n) is 4.66. The predicted octanol–water partition coefficient (Wildman–Crippen LogP) is 3.84. The molecule has 18 heavy (non-hydrogen) atoms. The lowest BCUT2D eigenvalue weighted by Gasteiger charge is -2.04. The van der Waals surface area contributed by atoms with E-state index >= 15 is 0 Å². The number of rotatable bonds is 3. The maximum atomic E-state index is 10.5. The summed E-state index contributed by atoms with van der Waals surface area (Å²) in [4.78, 5) is 18.3. The summed E-state index contributed by atoms with van der Waals surface area (Å²) in [5.74, 6) is 0. The number of benzene rings is 1. The number of aromatic nitrogens is 2. The van der Waals surface area contributed by atoms with Gasteiger partial charge in [0, 0.05) is 0 Å². The summed E-state index contributed by atoms with van der Waals surface area (Å²) in [5, 5.41) is 11.8. The molecule has 8 heteroatoms. The highest BCUT2D eigenvalue weighted by atomic mass is 35.5. The van der Waals surface area contributed by atoms with Gasteiger partial charge in [0.05, 0.1) is 19.9 Å². The summed E-state index contributed by atoms with van der Waals surface area (Å²) in [5.41, 5.74) is -0.162. The molecule has 5 nitrogen and oxygen atoms in total. The Kier molecular flexibility index (Phi) is 4.00. The molecule has 0 amide bonds. The summed E-state index contributed by atoms with van der Waals surface area (Å²) >= 11 is 13.1. The van der Waals surface area contributed by atoms with Gasteiger partial charge in [-0.2, -0.15) is 0 Å². The van der Waals surface area contributed by atoms with E-state index in [0.717, 1.165) is 24.2 Å². The average molecular weight is 302 g/mol. The summed E-state index contributed by atoms with van der Waals surface area (Å²) < 4.78 is 0. The van der Waals surface area contributed by atoms with Crippen LogP contribution in [0.4, 0.5) is 5.69 Å². The van der Waals surface area contributed by atoms with Crippen molar-refractivity contribution in [2.75, 3.05) is 0 Å². The second-order valence-corrected chi connectivity index (χ2v) is 4.93. The fraction of sp³-hybridized carbons (Fsp3) is 0. The third-order valence-electron chi connectivity index (χ3n) is 1.94. The Morgan fingerprint density at radius 2 is 1.72 bits per heavy atom. The van der Waals surface area contributed by atoms with Crippen LogP contribution in [0.5, 0.6) is 0 Å². The first-order valence-corrected chi connectivity index (χ1v) is 6.23. The molecule has 0 N–H and O–H groups in total. The van der Waals surface area contributed by atoms with E-state index in [1.54, 1.807) is 18.2 Å². The summed E-state index contributed by atoms with van der Waals surface area (Å²) in [6.45, 7) is 0. The van der Waals surface area contributed by atoms with Gasteiger partial charge in [-0.15, -0.1) is 0 Å². The van der Waals surface area contributed by atoms with Crippen molar-refractivity contribution >= 4 is 40.7 Å². The minimum absolute atomic E-state index is 0.162. The minimum atomic E-state index is -0.559. The molecule has 0 radical (unpaired) electrons. The minimum Gasteiger partial charge on any atom is -0.258 e. The van der Waals surface area contributed by atoms with E-state index in [0.29, 0.717) is 20.1 Å². The molecule has 0 saturated heterocycles. The Morgan fingerprint density at radius 3 is 2.22 bits per heavy atom. The quantitative estimate of drug-likeness (QED) is 0.489. The van der Waals surface area contributed by atoms with E-state index in [-0.39, 0.29) is 5.69 Å². The zero-order valence-electron chi connectivity index (χ0n) is 8.71. The maximum absolute atomic E-state index is 10.5. The van der Waals surface area contributed by atoms with E-state index in [9.17, 15) is 10.1 Å². The Balaban J connectivity index is 2.26. The number of hydrogen-bond acceptors (Lipinski definition) is 5. The van der Waals surface area contributed by atoms with Crippen molar-refractivity contribution in [3.05, 3.63) is 50.8 Å². The predicted molar refractivity (Wildman–Crippen MR) is 69.3 cm³/mol. The van der Waals surface area contributed by atoms with Gasteiger partial charge in [-0.25, -0.2) is 9.97 Å². The molecule has 0 saturated carbocycles. The third kappa shape index (κ3) is 2.90. The first kappa shape index (κ1) is 13.1.